The molecule has 0 fully saturated rings. The van der Waals surface area contributed by atoms with Gasteiger partial charge in [0.15, 0.2) is 16.3 Å². The fourth-order valence-electron chi connectivity index (χ4n) is 2.15. The Morgan fingerprint density at radius 2 is 2.24 bits per heavy atom. The molecule has 0 radical (unpaired) electrons. The zero-order valence-electron chi connectivity index (χ0n) is 11.9. The standard InChI is InChI=1S/C14H17FN2O3S/c1-3-20-13(18)5-4-6-17-11-8-12(19-2)9(15)7-10(11)16-14(17)21/h7-8H,3-6H2,1-2H3,(H,16,21). The van der Waals surface area contributed by atoms with E-state index in [1.54, 1.807) is 13.0 Å². The van der Waals surface area contributed by atoms with E-state index in [2.05, 4.69) is 4.98 Å². The van der Waals surface area contributed by atoms with Crippen LogP contribution in [0.2, 0.25) is 0 Å². The zero-order chi connectivity index (χ0) is 15.4. The van der Waals surface area contributed by atoms with E-state index < -0.39 is 5.82 Å². The number of aromatic nitrogens is 2. The molecule has 0 aliphatic rings. The molecular weight excluding hydrogens is 295 g/mol. The Hall–Kier alpha value is -1.89. The number of imidazole rings is 1. The molecule has 1 N–H and O–H groups in total. The van der Waals surface area contributed by atoms with Crippen molar-refractivity contribution in [3.63, 3.8) is 0 Å². The van der Waals surface area contributed by atoms with Crippen molar-refractivity contribution in [3.8, 4) is 5.75 Å². The van der Waals surface area contributed by atoms with Crippen molar-refractivity contribution < 1.29 is 18.7 Å². The molecule has 2 rings (SSSR count). The Bertz CT molecular complexity index is 708. The minimum atomic E-state index is -0.445. The number of halogens is 1. The highest BCUT2D eigenvalue weighted by molar-refractivity contribution is 7.71. The van der Waals surface area contributed by atoms with Crippen molar-refractivity contribution in [3.05, 3.63) is 22.7 Å². The maximum absolute atomic E-state index is 13.7. The van der Waals surface area contributed by atoms with Gasteiger partial charge in [-0.2, -0.15) is 0 Å². The lowest BCUT2D eigenvalue weighted by atomic mass is 10.2. The maximum Gasteiger partial charge on any atom is 0.305 e. The molecule has 0 saturated heterocycles. The minimum absolute atomic E-state index is 0.163. The van der Waals surface area contributed by atoms with Gasteiger partial charge in [0.2, 0.25) is 0 Å². The van der Waals surface area contributed by atoms with E-state index in [0.717, 1.165) is 5.52 Å². The topological polar surface area (TPSA) is 56.2 Å². The summed E-state index contributed by atoms with van der Waals surface area (Å²) in [6, 6.07) is 2.95. The Morgan fingerprint density at radius 3 is 2.90 bits per heavy atom. The lowest BCUT2D eigenvalue weighted by Gasteiger charge is -2.06. The number of aryl methyl sites for hydroxylation is 1. The number of carbonyl (C=O) groups is 1. The molecule has 0 spiro atoms. The van der Waals surface area contributed by atoms with Crippen molar-refractivity contribution >= 4 is 29.2 Å². The van der Waals surface area contributed by atoms with Crippen molar-refractivity contribution in [2.45, 2.75) is 26.3 Å². The number of carbonyl (C=O) groups excluding carboxylic acids is 1. The third kappa shape index (κ3) is 3.41. The van der Waals surface area contributed by atoms with Gasteiger partial charge in [-0.15, -0.1) is 0 Å². The number of hydrogen-bond donors (Lipinski definition) is 1. The predicted octanol–water partition coefficient (Wildman–Crippen LogP) is 3.19. The van der Waals surface area contributed by atoms with Gasteiger partial charge < -0.3 is 19.0 Å². The van der Waals surface area contributed by atoms with Crippen LogP contribution in [-0.4, -0.2) is 29.2 Å². The van der Waals surface area contributed by atoms with Crippen LogP contribution in [0.5, 0.6) is 5.75 Å². The first-order chi connectivity index (χ1) is 10.1. The molecular formula is C14H17FN2O3S. The molecule has 114 valence electrons. The highest BCUT2D eigenvalue weighted by Gasteiger charge is 2.11. The fourth-order valence-corrected chi connectivity index (χ4v) is 2.45. The smallest absolute Gasteiger partial charge is 0.305 e. The number of esters is 1. The molecule has 0 unspecified atom stereocenters. The average molecular weight is 312 g/mol. The van der Waals surface area contributed by atoms with E-state index in [0.29, 0.717) is 36.3 Å². The summed E-state index contributed by atoms with van der Waals surface area (Å²) in [4.78, 5) is 14.3. The summed E-state index contributed by atoms with van der Waals surface area (Å²) in [6.07, 6.45) is 0.917. The maximum atomic E-state index is 13.7. The first-order valence-corrected chi connectivity index (χ1v) is 7.09. The van der Waals surface area contributed by atoms with E-state index in [9.17, 15) is 9.18 Å². The van der Waals surface area contributed by atoms with E-state index >= 15 is 0 Å². The van der Waals surface area contributed by atoms with Gasteiger partial charge in [0, 0.05) is 25.1 Å². The van der Waals surface area contributed by atoms with Crippen LogP contribution < -0.4 is 4.74 Å². The second kappa shape index (κ2) is 6.71. The monoisotopic (exact) mass is 312 g/mol. The van der Waals surface area contributed by atoms with Gasteiger partial charge in [-0.1, -0.05) is 0 Å². The number of nitrogens with zero attached hydrogens (tertiary/aromatic N) is 1. The average Bonchev–Trinajstić information content (AvgIpc) is 2.73. The number of nitrogens with one attached hydrogen (secondary N) is 1. The molecule has 0 aliphatic carbocycles. The van der Waals surface area contributed by atoms with Crippen LogP contribution in [0.3, 0.4) is 0 Å². The molecule has 21 heavy (non-hydrogen) atoms. The molecule has 1 heterocycles. The Morgan fingerprint density at radius 1 is 1.48 bits per heavy atom. The SMILES string of the molecule is CCOC(=O)CCCn1c(=S)[nH]c2cc(F)c(OC)cc21. The molecule has 0 saturated carbocycles. The van der Waals surface area contributed by atoms with Crippen molar-refractivity contribution in [2.75, 3.05) is 13.7 Å². The van der Waals surface area contributed by atoms with Crippen molar-refractivity contribution in [1.82, 2.24) is 9.55 Å². The number of benzene rings is 1. The quantitative estimate of drug-likeness (QED) is 0.657. The van der Waals surface area contributed by atoms with Crippen LogP contribution in [0.25, 0.3) is 11.0 Å². The second-order valence-electron chi connectivity index (χ2n) is 4.49. The zero-order valence-corrected chi connectivity index (χ0v) is 12.8. The van der Waals surface area contributed by atoms with Crippen molar-refractivity contribution in [2.24, 2.45) is 0 Å². The van der Waals surface area contributed by atoms with Crippen LogP contribution in [0.1, 0.15) is 19.8 Å². The number of methoxy groups -OCH3 is 1. The largest absolute Gasteiger partial charge is 0.494 e. The molecule has 0 bridgehead atoms. The van der Waals surface area contributed by atoms with Crippen LogP contribution in [0, 0.1) is 10.6 Å². The molecule has 7 heteroatoms. The summed E-state index contributed by atoms with van der Waals surface area (Å²) in [7, 11) is 1.41. The summed E-state index contributed by atoms with van der Waals surface area (Å²) in [6.45, 7) is 2.70. The summed E-state index contributed by atoms with van der Waals surface area (Å²) in [5, 5.41) is 0. The summed E-state index contributed by atoms with van der Waals surface area (Å²) < 4.78 is 25.8. The molecule has 1 aromatic carbocycles. The molecule has 0 amide bonds. The third-order valence-corrected chi connectivity index (χ3v) is 3.44. The molecule has 2 aromatic rings. The predicted molar refractivity (Wildman–Crippen MR) is 79.5 cm³/mol. The molecule has 0 atom stereocenters. The Kier molecular flexibility index (Phi) is 4.95. The normalized spacial score (nSPS) is 10.8. The van der Waals surface area contributed by atoms with Gasteiger partial charge in [-0.25, -0.2) is 4.39 Å². The summed E-state index contributed by atoms with van der Waals surface area (Å²) in [5.74, 6) is -0.511. The van der Waals surface area contributed by atoms with Gasteiger partial charge in [0.25, 0.3) is 0 Å². The Labute approximate surface area is 126 Å². The van der Waals surface area contributed by atoms with Gasteiger partial charge in [-0.05, 0) is 25.6 Å². The van der Waals surface area contributed by atoms with E-state index in [4.69, 9.17) is 21.7 Å². The van der Waals surface area contributed by atoms with Crippen LogP contribution in [-0.2, 0) is 16.1 Å². The summed E-state index contributed by atoms with van der Waals surface area (Å²) in [5.41, 5.74) is 1.36. The second-order valence-corrected chi connectivity index (χ2v) is 4.88. The van der Waals surface area contributed by atoms with Crippen LogP contribution in [0.4, 0.5) is 4.39 Å². The Balaban J connectivity index is 2.21. The number of aromatic amines is 1. The number of hydrogen-bond acceptors (Lipinski definition) is 4. The van der Waals surface area contributed by atoms with Gasteiger partial charge >= 0.3 is 5.97 Å². The highest BCUT2D eigenvalue weighted by Crippen LogP contribution is 2.24. The molecule has 1 aromatic heterocycles. The first kappa shape index (κ1) is 15.5. The van der Waals surface area contributed by atoms with Gasteiger partial charge in [0.1, 0.15) is 0 Å². The molecule has 5 nitrogen and oxygen atoms in total. The van der Waals surface area contributed by atoms with Crippen LogP contribution >= 0.6 is 12.2 Å². The van der Waals surface area contributed by atoms with E-state index in [-0.39, 0.29) is 11.7 Å². The van der Waals surface area contributed by atoms with E-state index in [1.165, 1.54) is 13.2 Å². The third-order valence-electron chi connectivity index (χ3n) is 3.12. The van der Waals surface area contributed by atoms with Gasteiger partial charge in [0.05, 0.1) is 24.8 Å². The lowest BCUT2D eigenvalue weighted by Crippen LogP contribution is -2.06. The highest BCUT2D eigenvalue weighted by atomic mass is 32.1. The number of ether oxygens (including phenoxy) is 2. The summed E-state index contributed by atoms with van der Waals surface area (Å²) >= 11 is 5.23. The number of fused-ring (bicyclic) bond motifs is 1. The van der Waals surface area contributed by atoms with Crippen LogP contribution in [0.15, 0.2) is 12.1 Å². The number of H-pyrrole nitrogens is 1. The van der Waals surface area contributed by atoms with Gasteiger partial charge in [-0.3, -0.25) is 4.79 Å². The first-order valence-electron chi connectivity index (χ1n) is 6.68. The molecule has 0 aliphatic heterocycles. The minimum Gasteiger partial charge on any atom is -0.494 e. The van der Waals surface area contributed by atoms with E-state index in [1.807, 2.05) is 4.57 Å². The van der Waals surface area contributed by atoms with Crippen molar-refractivity contribution in [1.29, 1.82) is 0 Å². The number of rotatable bonds is 6. The lowest BCUT2D eigenvalue weighted by molar-refractivity contribution is -0.143. The fraction of sp³-hybridized carbons (Fsp3) is 0.429.